The molecule has 0 spiro atoms. The Morgan fingerprint density at radius 1 is 0.905 bits per heavy atom. The number of rotatable bonds is 5. The largest absolute Gasteiger partial charge is 0.207 e. The standard InChI is InChI=1S/C17H16Br2F2/c1-12-5-7-13(8-6-12)17(10-18,11-19)9-14-15(20)3-2-4-16(14)21/h2-8H,9-11H2,1H3. The Balaban J connectivity index is 2.45. The number of hydrogen-bond acceptors (Lipinski definition) is 0. The lowest BCUT2D eigenvalue weighted by molar-refractivity contribution is 0.491. The van der Waals surface area contributed by atoms with Gasteiger partial charge in [0, 0.05) is 21.6 Å². The fourth-order valence-electron chi connectivity index (χ4n) is 2.33. The van der Waals surface area contributed by atoms with Crippen molar-refractivity contribution < 1.29 is 8.78 Å². The molecule has 0 aliphatic heterocycles. The Morgan fingerprint density at radius 3 is 1.90 bits per heavy atom. The third-order valence-electron chi connectivity index (χ3n) is 3.75. The highest BCUT2D eigenvalue weighted by atomic mass is 79.9. The fourth-order valence-corrected chi connectivity index (χ4v) is 4.31. The Morgan fingerprint density at radius 2 is 1.43 bits per heavy atom. The van der Waals surface area contributed by atoms with Crippen molar-refractivity contribution in [1.82, 2.24) is 0 Å². The van der Waals surface area contributed by atoms with E-state index < -0.39 is 17.0 Å². The van der Waals surface area contributed by atoms with Crippen molar-refractivity contribution in [2.45, 2.75) is 18.8 Å². The topological polar surface area (TPSA) is 0 Å². The summed E-state index contributed by atoms with van der Waals surface area (Å²) >= 11 is 7.04. The Hall–Kier alpha value is -0.740. The van der Waals surface area contributed by atoms with Gasteiger partial charge < -0.3 is 0 Å². The minimum absolute atomic E-state index is 0.136. The second kappa shape index (κ2) is 7.01. The van der Waals surface area contributed by atoms with Gasteiger partial charge in [-0.3, -0.25) is 0 Å². The zero-order chi connectivity index (χ0) is 15.5. The van der Waals surface area contributed by atoms with Gasteiger partial charge in [0.1, 0.15) is 11.6 Å². The molecule has 0 heterocycles. The molecule has 0 nitrogen and oxygen atoms in total. The van der Waals surface area contributed by atoms with Crippen molar-refractivity contribution in [3.63, 3.8) is 0 Å². The molecule has 0 amide bonds. The lowest BCUT2D eigenvalue weighted by Crippen LogP contribution is -2.33. The normalized spacial score (nSPS) is 11.7. The number of benzene rings is 2. The Bertz CT molecular complexity index is 584. The first-order chi connectivity index (χ1) is 10.0. The lowest BCUT2D eigenvalue weighted by Gasteiger charge is -2.31. The van der Waals surface area contributed by atoms with E-state index in [1.807, 2.05) is 31.2 Å². The zero-order valence-corrected chi connectivity index (χ0v) is 14.8. The van der Waals surface area contributed by atoms with E-state index in [2.05, 4.69) is 31.9 Å². The Kier molecular flexibility index (Phi) is 5.55. The predicted molar refractivity (Wildman–Crippen MR) is 90.5 cm³/mol. The van der Waals surface area contributed by atoms with Gasteiger partial charge in [0.05, 0.1) is 0 Å². The van der Waals surface area contributed by atoms with E-state index in [-0.39, 0.29) is 5.56 Å². The van der Waals surface area contributed by atoms with E-state index >= 15 is 0 Å². The zero-order valence-electron chi connectivity index (χ0n) is 11.7. The highest BCUT2D eigenvalue weighted by Crippen LogP contribution is 2.34. The highest BCUT2D eigenvalue weighted by Gasteiger charge is 2.32. The fraction of sp³-hybridized carbons (Fsp3) is 0.294. The molecule has 112 valence electrons. The summed E-state index contributed by atoms with van der Waals surface area (Å²) in [5.41, 5.74) is 1.96. The molecular formula is C17H16Br2F2. The minimum atomic E-state index is -0.492. The van der Waals surface area contributed by atoms with Gasteiger partial charge >= 0.3 is 0 Å². The number of halogens is 4. The molecule has 2 rings (SSSR count). The van der Waals surface area contributed by atoms with E-state index in [1.54, 1.807) is 0 Å². The summed E-state index contributed by atoms with van der Waals surface area (Å²) in [5.74, 6) is -0.984. The van der Waals surface area contributed by atoms with Crippen LogP contribution >= 0.6 is 31.9 Å². The second-order valence-corrected chi connectivity index (χ2v) is 6.41. The van der Waals surface area contributed by atoms with Gasteiger partial charge in [-0.15, -0.1) is 0 Å². The van der Waals surface area contributed by atoms with Crippen LogP contribution in [0.15, 0.2) is 42.5 Å². The molecule has 0 aliphatic rings. The molecule has 0 saturated carbocycles. The lowest BCUT2D eigenvalue weighted by atomic mass is 9.78. The molecule has 0 atom stereocenters. The van der Waals surface area contributed by atoms with Gasteiger partial charge in [0.25, 0.3) is 0 Å². The minimum Gasteiger partial charge on any atom is -0.207 e. The summed E-state index contributed by atoms with van der Waals surface area (Å²) in [6.45, 7) is 2.02. The molecule has 0 radical (unpaired) electrons. The maximum atomic E-state index is 14.0. The van der Waals surface area contributed by atoms with Gasteiger partial charge in [0.2, 0.25) is 0 Å². The SMILES string of the molecule is Cc1ccc(C(CBr)(CBr)Cc2c(F)cccc2F)cc1. The van der Waals surface area contributed by atoms with Crippen molar-refractivity contribution in [3.8, 4) is 0 Å². The van der Waals surface area contributed by atoms with Crippen LogP contribution in [0, 0.1) is 18.6 Å². The summed E-state index contributed by atoms with van der Waals surface area (Å²) in [6.07, 6.45) is 0.297. The first kappa shape index (κ1) is 16.6. The van der Waals surface area contributed by atoms with E-state index in [1.165, 1.54) is 18.2 Å². The van der Waals surface area contributed by atoms with Crippen LogP contribution in [0.1, 0.15) is 16.7 Å². The molecule has 0 aliphatic carbocycles. The van der Waals surface area contributed by atoms with Crippen LogP contribution in [0.5, 0.6) is 0 Å². The van der Waals surface area contributed by atoms with Crippen LogP contribution in [0.2, 0.25) is 0 Å². The molecule has 0 unspecified atom stereocenters. The maximum Gasteiger partial charge on any atom is 0.129 e. The van der Waals surface area contributed by atoms with Crippen LogP contribution in [0.3, 0.4) is 0 Å². The molecule has 4 heteroatoms. The van der Waals surface area contributed by atoms with Crippen molar-refractivity contribution in [2.75, 3.05) is 10.7 Å². The maximum absolute atomic E-state index is 14.0. The Labute approximate surface area is 140 Å². The van der Waals surface area contributed by atoms with Gasteiger partial charge in [-0.2, -0.15) is 0 Å². The smallest absolute Gasteiger partial charge is 0.129 e. The van der Waals surface area contributed by atoms with Crippen LogP contribution in [0.4, 0.5) is 8.78 Å². The van der Waals surface area contributed by atoms with Crippen molar-refractivity contribution >= 4 is 31.9 Å². The van der Waals surface area contributed by atoms with Crippen LogP contribution < -0.4 is 0 Å². The average Bonchev–Trinajstić information content (AvgIpc) is 2.49. The predicted octanol–water partition coefficient (Wildman–Crippen LogP) is 5.54. The van der Waals surface area contributed by atoms with Gasteiger partial charge in [-0.05, 0) is 31.0 Å². The van der Waals surface area contributed by atoms with Gasteiger partial charge in [-0.25, -0.2) is 8.78 Å². The number of aryl methyl sites for hydroxylation is 1. The number of alkyl halides is 2. The van der Waals surface area contributed by atoms with E-state index in [0.29, 0.717) is 17.1 Å². The molecular weight excluding hydrogens is 402 g/mol. The quantitative estimate of drug-likeness (QED) is 0.560. The molecule has 0 N–H and O–H groups in total. The monoisotopic (exact) mass is 416 g/mol. The van der Waals surface area contributed by atoms with E-state index in [9.17, 15) is 8.78 Å². The van der Waals surface area contributed by atoms with Crippen molar-refractivity contribution in [2.24, 2.45) is 0 Å². The first-order valence-electron chi connectivity index (χ1n) is 6.64. The molecule has 2 aromatic rings. The summed E-state index contributed by atoms with van der Waals surface area (Å²) in [6, 6.07) is 12.1. The average molecular weight is 418 g/mol. The van der Waals surface area contributed by atoms with Crippen molar-refractivity contribution in [3.05, 3.63) is 70.8 Å². The third-order valence-corrected chi connectivity index (χ3v) is 5.90. The molecule has 0 aromatic heterocycles. The van der Waals surface area contributed by atoms with Crippen LogP contribution in [0.25, 0.3) is 0 Å². The summed E-state index contributed by atoms with van der Waals surface area (Å²) < 4.78 is 27.9. The second-order valence-electron chi connectivity index (χ2n) is 5.29. The van der Waals surface area contributed by atoms with Gasteiger partial charge in [0.15, 0.2) is 0 Å². The molecule has 0 fully saturated rings. The van der Waals surface area contributed by atoms with E-state index in [4.69, 9.17) is 0 Å². The number of hydrogen-bond donors (Lipinski definition) is 0. The molecule has 2 aromatic carbocycles. The summed E-state index contributed by atoms with van der Waals surface area (Å²) in [4.78, 5) is 0. The highest BCUT2D eigenvalue weighted by molar-refractivity contribution is 9.09. The first-order valence-corrected chi connectivity index (χ1v) is 8.89. The van der Waals surface area contributed by atoms with Crippen LogP contribution in [-0.2, 0) is 11.8 Å². The van der Waals surface area contributed by atoms with E-state index in [0.717, 1.165) is 11.1 Å². The van der Waals surface area contributed by atoms with Crippen molar-refractivity contribution in [1.29, 1.82) is 0 Å². The molecule has 0 saturated heterocycles. The molecule has 0 bridgehead atoms. The molecule has 21 heavy (non-hydrogen) atoms. The third kappa shape index (κ3) is 3.54. The van der Waals surface area contributed by atoms with Crippen LogP contribution in [-0.4, -0.2) is 10.7 Å². The summed E-state index contributed by atoms with van der Waals surface area (Å²) in [7, 11) is 0. The van der Waals surface area contributed by atoms with Gasteiger partial charge in [-0.1, -0.05) is 67.8 Å². The summed E-state index contributed by atoms with van der Waals surface area (Å²) in [5, 5.41) is 1.23.